The van der Waals surface area contributed by atoms with Crippen LogP contribution in [0.3, 0.4) is 0 Å². The van der Waals surface area contributed by atoms with Crippen molar-refractivity contribution in [1.29, 1.82) is 0 Å². The van der Waals surface area contributed by atoms with Gasteiger partial charge in [0.15, 0.2) is 0 Å². The van der Waals surface area contributed by atoms with E-state index in [1.165, 1.54) is 41.8 Å². The lowest BCUT2D eigenvalue weighted by Crippen LogP contribution is -2.20. The summed E-state index contributed by atoms with van der Waals surface area (Å²) in [6.45, 7) is 4.67. The summed E-state index contributed by atoms with van der Waals surface area (Å²) in [4.78, 5) is 4.74. The van der Waals surface area contributed by atoms with Crippen LogP contribution in [0, 0.1) is 6.92 Å². The van der Waals surface area contributed by atoms with Gasteiger partial charge in [-0.3, -0.25) is 4.98 Å². The molecule has 0 unspecified atom stereocenters. The summed E-state index contributed by atoms with van der Waals surface area (Å²) in [6, 6.07) is 2.34. The Morgan fingerprint density at radius 2 is 2.18 bits per heavy atom. The third-order valence-electron chi connectivity index (χ3n) is 3.39. The zero-order valence-electron chi connectivity index (χ0n) is 10.9. The summed E-state index contributed by atoms with van der Waals surface area (Å²) in [5.41, 5.74) is 5.30. The molecule has 0 saturated carbocycles. The molecule has 1 aliphatic rings. The fourth-order valence-corrected chi connectivity index (χ4v) is 2.36. The number of aryl methyl sites for hydroxylation is 3. The minimum absolute atomic E-state index is 0.761. The SMILES string of the molecule is COCCNCc1cc2c(nc1C)CCCC2. The average Bonchev–Trinajstić information content (AvgIpc) is 2.35. The predicted molar refractivity (Wildman–Crippen MR) is 69.2 cm³/mol. The fraction of sp³-hybridized carbons (Fsp3) is 0.643. The van der Waals surface area contributed by atoms with E-state index in [0.29, 0.717) is 0 Å². The van der Waals surface area contributed by atoms with Crippen LogP contribution >= 0.6 is 0 Å². The maximum absolute atomic E-state index is 5.02. The minimum Gasteiger partial charge on any atom is -0.383 e. The quantitative estimate of drug-likeness (QED) is 0.791. The van der Waals surface area contributed by atoms with Gasteiger partial charge in [-0.1, -0.05) is 6.07 Å². The summed E-state index contributed by atoms with van der Waals surface area (Å²) in [5.74, 6) is 0. The lowest BCUT2D eigenvalue weighted by Gasteiger charge is -2.17. The standard InChI is InChI=1S/C14H22N2O/c1-11-13(10-15-7-8-17-2)9-12-5-3-4-6-14(12)16-11/h9,15H,3-8,10H2,1-2H3. The Morgan fingerprint density at radius 3 is 3.00 bits per heavy atom. The van der Waals surface area contributed by atoms with Crippen LogP contribution in [0.5, 0.6) is 0 Å². The first-order valence-corrected chi connectivity index (χ1v) is 6.49. The molecule has 0 spiro atoms. The second-order valence-corrected chi connectivity index (χ2v) is 4.72. The highest BCUT2D eigenvalue weighted by atomic mass is 16.5. The second kappa shape index (κ2) is 6.12. The van der Waals surface area contributed by atoms with Gasteiger partial charge in [-0.15, -0.1) is 0 Å². The van der Waals surface area contributed by atoms with Crippen molar-refractivity contribution in [3.05, 3.63) is 28.6 Å². The first-order chi connectivity index (χ1) is 8.31. The zero-order chi connectivity index (χ0) is 12.1. The van der Waals surface area contributed by atoms with Crippen LogP contribution in [0.2, 0.25) is 0 Å². The third kappa shape index (κ3) is 3.27. The Labute approximate surface area is 104 Å². The Hall–Kier alpha value is -0.930. The molecule has 1 N–H and O–H groups in total. The molecule has 2 rings (SSSR count). The molecule has 1 aromatic heterocycles. The van der Waals surface area contributed by atoms with Crippen molar-refractivity contribution in [2.45, 2.75) is 39.2 Å². The molecular formula is C14H22N2O. The fourth-order valence-electron chi connectivity index (χ4n) is 2.36. The van der Waals surface area contributed by atoms with Crippen molar-refractivity contribution in [1.82, 2.24) is 10.3 Å². The topological polar surface area (TPSA) is 34.1 Å². The smallest absolute Gasteiger partial charge is 0.0587 e. The van der Waals surface area contributed by atoms with E-state index in [4.69, 9.17) is 9.72 Å². The van der Waals surface area contributed by atoms with Gasteiger partial charge in [0.05, 0.1) is 6.61 Å². The van der Waals surface area contributed by atoms with Crippen LogP contribution in [-0.2, 0) is 24.1 Å². The Balaban J connectivity index is 2.01. The summed E-state index contributed by atoms with van der Waals surface area (Å²) in [6.07, 6.45) is 4.97. The second-order valence-electron chi connectivity index (χ2n) is 4.72. The van der Waals surface area contributed by atoms with Crippen LogP contribution < -0.4 is 5.32 Å². The molecule has 0 atom stereocenters. The van der Waals surface area contributed by atoms with Crippen molar-refractivity contribution in [3.63, 3.8) is 0 Å². The number of fused-ring (bicyclic) bond motifs is 1. The Morgan fingerprint density at radius 1 is 1.35 bits per heavy atom. The van der Waals surface area contributed by atoms with Crippen molar-refractivity contribution in [2.24, 2.45) is 0 Å². The van der Waals surface area contributed by atoms with Gasteiger partial charge < -0.3 is 10.1 Å². The van der Waals surface area contributed by atoms with Crippen LogP contribution in [0.4, 0.5) is 0 Å². The van der Waals surface area contributed by atoms with Crippen LogP contribution in [-0.4, -0.2) is 25.2 Å². The van der Waals surface area contributed by atoms with Gasteiger partial charge in [-0.05, 0) is 43.7 Å². The van der Waals surface area contributed by atoms with E-state index in [2.05, 4.69) is 18.3 Å². The molecule has 3 nitrogen and oxygen atoms in total. The van der Waals surface area contributed by atoms with Crippen LogP contribution in [0.1, 0.15) is 35.4 Å². The molecule has 0 aliphatic heterocycles. The van der Waals surface area contributed by atoms with E-state index < -0.39 is 0 Å². The molecule has 0 saturated heterocycles. The number of methoxy groups -OCH3 is 1. The molecular weight excluding hydrogens is 212 g/mol. The van der Waals surface area contributed by atoms with Gasteiger partial charge in [0.25, 0.3) is 0 Å². The highest BCUT2D eigenvalue weighted by Gasteiger charge is 2.12. The van der Waals surface area contributed by atoms with Crippen LogP contribution in [0.15, 0.2) is 6.07 Å². The van der Waals surface area contributed by atoms with Crippen LogP contribution in [0.25, 0.3) is 0 Å². The zero-order valence-corrected chi connectivity index (χ0v) is 10.9. The third-order valence-corrected chi connectivity index (χ3v) is 3.39. The summed E-state index contributed by atoms with van der Waals surface area (Å²) in [5, 5.41) is 3.39. The Kier molecular flexibility index (Phi) is 4.51. The van der Waals surface area contributed by atoms with E-state index in [1.54, 1.807) is 7.11 Å². The van der Waals surface area contributed by atoms with Crippen molar-refractivity contribution >= 4 is 0 Å². The molecule has 0 radical (unpaired) electrons. The summed E-state index contributed by atoms with van der Waals surface area (Å²) in [7, 11) is 1.73. The first kappa shape index (κ1) is 12.5. The number of aromatic nitrogens is 1. The predicted octanol–water partition coefficient (Wildman–Crippen LogP) is 2.00. The number of rotatable bonds is 5. The molecule has 1 aliphatic carbocycles. The highest BCUT2D eigenvalue weighted by Crippen LogP contribution is 2.21. The normalized spacial score (nSPS) is 14.7. The largest absolute Gasteiger partial charge is 0.383 e. The molecule has 0 fully saturated rings. The van der Waals surface area contributed by atoms with Crippen molar-refractivity contribution in [3.8, 4) is 0 Å². The van der Waals surface area contributed by atoms with E-state index in [1.807, 2.05) is 0 Å². The number of nitrogens with zero attached hydrogens (tertiary/aromatic N) is 1. The van der Waals surface area contributed by atoms with Gasteiger partial charge in [0, 0.05) is 31.6 Å². The van der Waals surface area contributed by atoms with Gasteiger partial charge in [-0.25, -0.2) is 0 Å². The van der Waals surface area contributed by atoms with Crippen molar-refractivity contribution < 1.29 is 4.74 Å². The van der Waals surface area contributed by atoms with Gasteiger partial charge >= 0.3 is 0 Å². The number of nitrogens with one attached hydrogen (secondary N) is 1. The minimum atomic E-state index is 0.761. The lowest BCUT2D eigenvalue weighted by atomic mass is 9.94. The number of pyridine rings is 1. The molecule has 1 aromatic rings. The van der Waals surface area contributed by atoms with E-state index in [0.717, 1.165) is 26.1 Å². The maximum Gasteiger partial charge on any atom is 0.0587 e. The molecule has 94 valence electrons. The lowest BCUT2D eigenvalue weighted by molar-refractivity contribution is 0.199. The van der Waals surface area contributed by atoms with E-state index >= 15 is 0 Å². The maximum atomic E-state index is 5.02. The number of hydrogen-bond acceptors (Lipinski definition) is 3. The molecule has 17 heavy (non-hydrogen) atoms. The first-order valence-electron chi connectivity index (χ1n) is 6.49. The Bertz CT molecular complexity index is 377. The van der Waals surface area contributed by atoms with Gasteiger partial charge in [-0.2, -0.15) is 0 Å². The summed E-state index contributed by atoms with van der Waals surface area (Å²) < 4.78 is 5.02. The number of ether oxygens (including phenoxy) is 1. The number of hydrogen-bond donors (Lipinski definition) is 1. The average molecular weight is 234 g/mol. The summed E-state index contributed by atoms with van der Waals surface area (Å²) >= 11 is 0. The highest BCUT2D eigenvalue weighted by molar-refractivity contribution is 5.31. The van der Waals surface area contributed by atoms with Gasteiger partial charge in [0.1, 0.15) is 0 Å². The molecule has 0 aromatic carbocycles. The molecule has 3 heteroatoms. The molecule has 1 heterocycles. The van der Waals surface area contributed by atoms with Crippen molar-refractivity contribution in [2.75, 3.05) is 20.3 Å². The van der Waals surface area contributed by atoms with Gasteiger partial charge in [0.2, 0.25) is 0 Å². The molecule has 0 bridgehead atoms. The van der Waals surface area contributed by atoms with E-state index in [-0.39, 0.29) is 0 Å². The molecule has 0 amide bonds. The van der Waals surface area contributed by atoms with E-state index in [9.17, 15) is 0 Å². The monoisotopic (exact) mass is 234 g/mol.